The van der Waals surface area contributed by atoms with Gasteiger partial charge in [-0.05, 0) is 79.4 Å². The van der Waals surface area contributed by atoms with Crippen LogP contribution in [0.4, 0.5) is 0 Å². The summed E-state index contributed by atoms with van der Waals surface area (Å²) in [5.74, 6) is 0.408. The Kier molecular flexibility index (Phi) is 6.71. The van der Waals surface area contributed by atoms with E-state index in [0.717, 1.165) is 24.8 Å². The lowest BCUT2D eigenvalue weighted by molar-refractivity contribution is -0.149. The molecule has 2 aliphatic rings. The van der Waals surface area contributed by atoms with Gasteiger partial charge in [-0.1, -0.05) is 23.7 Å². The number of nitrogens with two attached hydrogens (primary N) is 1. The van der Waals surface area contributed by atoms with E-state index in [2.05, 4.69) is 4.90 Å². The normalized spacial score (nSPS) is 20.2. The van der Waals surface area contributed by atoms with Crippen molar-refractivity contribution in [2.24, 2.45) is 5.73 Å². The summed E-state index contributed by atoms with van der Waals surface area (Å²) in [6, 6.07) is 13.5. The Morgan fingerprint density at radius 3 is 2.66 bits per heavy atom. The average molecular weight is 555 g/mol. The SMILES string of the molecule is Cc1cc(-c2cccc(S(C)(=O)=O)c2)c(Cl)cc1C1=C(N)C2(CCCN(Cc3ccc(C=O)o3)C2)OC1=O. The molecule has 0 saturated carbocycles. The van der Waals surface area contributed by atoms with Gasteiger partial charge in [-0.2, -0.15) is 0 Å². The highest BCUT2D eigenvalue weighted by atomic mass is 35.5. The van der Waals surface area contributed by atoms with Crippen molar-refractivity contribution in [3.8, 4) is 11.1 Å². The average Bonchev–Trinajstić information content (AvgIpc) is 3.41. The van der Waals surface area contributed by atoms with E-state index < -0.39 is 21.4 Å². The molecule has 2 aliphatic heterocycles. The zero-order valence-electron chi connectivity index (χ0n) is 21.0. The lowest BCUT2D eigenvalue weighted by Gasteiger charge is -2.39. The van der Waals surface area contributed by atoms with E-state index in [0.29, 0.717) is 64.5 Å². The van der Waals surface area contributed by atoms with Crippen molar-refractivity contribution in [1.29, 1.82) is 0 Å². The number of rotatable bonds is 6. The topological polar surface area (TPSA) is 120 Å². The number of nitrogens with zero attached hydrogens (tertiary/aromatic N) is 1. The van der Waals surface area contributed by atoms with Crippen molar-refractivity contribution in [2.75, 3.05) is 19.3 Å². The van der Waals surface area contributed by atoms with E-state index in [4.69, 9.17) is 26.5 Å². The summed E-state index contributed by atoms with van der Waals surface area (Å²) < 4.78 is 35.5. The first-order chi connectivity index (χ1) is 18.0. The molecular formula is C28H27ClN2O6S. The van der Waals surface area contributed by atoms with Gasteiger partial charge in [0.2, 0.25) is 0 Å². The maximum atomic E-state index is 13.2. The number of sulfone groups is 1. The smallest absolute Gasteiger partial charge is 0.341 e. The zero-order valence-corrected chi connectivity index (χ0v) is 22.6. The highest BCUT2D eigenvalue weighted by Gasteiger charge is 2.49. The van der Waals surface area contributed by atoms with E-state index >= 15 is 0 Å². The van der Waals surface area contributed by atoms with Crippen molar-refractivity contribution < 1.29 is 27.2 Å². The van der Waals surface area contributed by atoms with Crippen molar-refractivity contribution >= 4 is 39.3 Å². The van der Waals surface area contributed by atoms with Gasteiger partial charge < -0.3 is 14.9 Å². The molecule has 1 fully saturated rings. The largest absolute Gasteiger partial charge is 0.457 e. The molecule has 3 heterocycles. The number of hydrogen-bond donors (Lipinski definition) is 1. The van der Waals surface area contributed by atoms with Crippen LogP contribution in [0.1, 0.15) is 40.3 Å². The molecule has 1 atom stereocenters. The highest BCUT2D eigenvalue weighted by Crippen LogP contribution is 2.43. The van der Waals surface area contributed by atoms with Crippen LogP contribution in [0.2, 0.25) is 5.02 Å². The Labute approximate surface area is 225 Å². The molecule has 2 aromatic carbocycles. The number of esters is 1. The molecule has 1 aromatic heterocycles. The monoisotopic (exact) mass is 554 g/mol. The molecule has 1 spiro atoms. The van der Waals surface area contributed by atoms with Crippen LogP contribution in [0, 0.1) is 6.92 Å². The molecule has 0 aliphatic carbocycles. The summed E-state index contributed by atoms with van der Waals surface area (Å²) in [5, 5.41) is 0.361. The summed E-state index contributed by atoms with van der Waals surface area (Å²) in [6.45, 7) is 3.48. The molecule has 2 N–H and O–H groups in total. The van der Waals surface area contributed by atoms with Gasteiger partial charge in [-0.15, -0.1) is 0 Å². The zero-order chi connectivity index (χ0) is 27.2. The van der Waals surface area contributed by atoms with Crippen molar-refractivity contribution in [3.05, 3.63) is 81.9 Å². The molecular weight excluding hydrogens is 528 g/mol. The van der Waals surface area contributed by atoms with Gasteiger partial charge in [0.15, 0.2) is 27.5 Å². The van der Waals surface area contributed by atoms with Gasteiger partial charge in [0, 0.05) is 23.4 Å². The molecule has 38 heavy (non-hydrogen) atoms. The number of ether oxygens (including phenoxy) is 1. The Balaban J connectivity index is 1.47. The number of aryl methyl sites for hydroxylation is 1. The number of aldehydes is 1. The third-order valence-corrected chi connectivity index (χ3v) is 8.54. The predicted molar refractivity (Wildman–Crippen MR) is 143 cm³/mol. The van der Waals surface area contributed by atoms with Crippen molar-refractivity contribution in [2.45, 2.75) is 36.8 Å². The number of halogens is 1. The van der Waals surface area contributed by atoms with Gasteiger partial charge in [-0.25, -0.2) is 13.2 Å². The first-order valence-corrected chi connectivity index (χ1v) is 14.4. The van der Waals surface area contributed by atoms with Crippen LogP contribution in [0.15, 0.2) is 63.5 Å². The molecule has 1 unspecified atom stereocenters. The molecule has 3 aromatic rings. The Hall–Kier alpha value is -3.40. The lowest BCUT2D eigenvalue weighted by Crippen LogP contribution is -2.50. The van der Waals surface area contributed by atoms with Crippen molar-refractivity contribution in [1.82, 2.24) is 4.90 Å². The van der Waals surface area contributed by atoms with Crippen LogP contribution >= 0.6 is 11.6 Å². The molecule has 0 radical (unpaired) electrons. The molecule has 1 saturated heterocycles. The third kappa shape index (κ3) is 4.77. The molecule has 10 heteroatoms. The van der Waals surface area contributed by atoms with Crippen LogP contribution in [0.3, 0.4) is 0 Å². The minimum Gasteiger partial charge on any atom is -0.457 e. The van der Waals surface area contributed by atoms with E-state index in [1.54, 1.807) is 36.4 Å². The number of likely N-dealkylation sites (tertiary alicyclic amines) is 1. The molecule has 198 valence electrons. The Morgan fingerprint density at radius 2 is 1.95 bits per heavy atom. The second-order valence-corrected chi connectivity index (χ2v) is 12.3. The predicted octanol–water partition coefficient (Wildman–Crippen LogP) is 4.39. The van der Waals surface area contributed by atoms with Crippen LogP contribution in [-0.2, 0) is 25.9 Å². The second-order valence-electron chi connectivity index (χ2n) is 9.86. The number of furan rings is 1. The summed E-state index contributed by atoms with van der Waals surface area (Å²) in [7, 11) is -3.39. The maximum absolute atomic E-state index is 13.2. The summed E-state index contributed by atoms with van der Waals surface area (Å²) in [6.07, 6.45) is 3.17. The molecule has 0 amide bonds. The summed E-state index contributed by atoms with van der Waals surface area (Å²) >= 11 is 6.67. The van der Waals surface area contributed by atoms with Gasteiger partial charge in [0.05, 0.1) is 22.7 Å². The minimum absolute atomic E-state index is 0.194. The van der Waals surface area contributed by atoms with E-state index in [1.807, 2.05) is 13.0 Å². The first-order valence-electron chi connectivity index (χ1n) is 12.1. The van der Waals surface area contributed by atoms with Gasteiger partial charge >= 0.3 is 5.97 Å². The van der Waals surface area contributed by atoms with Crippen LogP contribution in [-0.4, -0.2) is 50.5 Å². The highest BCUT2D eigenvalue weighted by molar-refractivity contribution is 7.90. The standard InChI is InChI=1S/C28H27ClN2O6S/c1-17-11-23(18-5-3-6-21(12-18)38(2,34)35)24(29)13-22(17)25-26(30)28(37-27(25)33)9-4-10-31(16-28)14-19-7-8-20(15-32)36-19/h3,5-8,11-13,15H,4,9-10,14,16,30H2,1-2H3. The van der Waals surface area contributed by atoms with Gasteiger partial charge in [0.1, 0.15) is 5.76 Å². The number of hydrogen-bond acceptors (Lipinski definition) is 8. The molecule has 8 nitrogen and oxygen atoms in total. The summed E-state index contributed by atoms with van der Waals surface area (Å²) in [5.41, 5.74) is 8.99. The Bertz CT molecular complexity index is 1590. The lowest BCUT2D eigenvalue weighted by atomic mass is 9.86. The van der Waals surface area contributed by atoms with E-state index in [9.17, 15) is 18.0 Å². The van der Waals surface area contributed by atoms with E-state index in [1.165, 1.54) is 6.07 Å². The molecule has 5 rings (SSSR count). The van der Waals surface area contributed by atoms with Crippen LogP contribution in [0.5, 0.6) is 0 Å². The first kappa shape index (κ1) is 26.2. The van der Waals surface area contributed by atoms with Crippen molar-refractivity contribution in [3.63, 3.8) is 0 Å². The van der Waals surface area contributed by atoms with Gasteiger partial charge in [0.25, 0.3) is 0 Å². The van der Waals surface area contributed by atoms with Crippen LogP contribution < -0.4 is 5.73 Å². The maximum Gasteiger partial charge on any atom is 0.341 e. The fraction of sp³-hybridized carbons (Fsp3) is 0.286. The third-order valence-electron chi connectivity index (χ3n) is 7.12. The van der Waals surface area contributed by atoms with Crippen LogP contribution in [0.25, 0.3) is 16.7 Å². The number of carbonyl (C=O) groups is 2. The van der Waals surface area contributed by atoms with Gasteiger partial charge in [-0.3, -0.25) is 9.69 Å². The van der Waals surface area contributed by atoms with E-state index in [-0.39, 0.29) is 10.7 Å². The Morgan fingerprint density at radius 1 is 1.16 bits per heavy atom. The fourth-order valence-corrected chi connectivity index (χ4v) is 6.19. The quantitative estimate of drug-likeness (QED) is 0.352. The molecule has 0 bridgehead atoms. The number of carbonyl (C=O) groups excluding carboxylic acids is 2. The fourth-order valence-electron chi connectivity index (χ4n) is 5.25. The summed E-state index contributed by atoms with van der Waals surface area (Å²) in [4.78, 5) is 26.4. The number of benzene rings is 2. The second kappa shape index (κ2) is 9.72. The minimum atomic E-state index is -3.39. The number of piperidine rings is 1.